The van der Waals surface area contributed by atoms with E-state index in [0.29, 0.717) is 24.8 Å². The summed E-state index contributed by atoms with van der Waals surface area (Å²) in [6.45, 7) is 3.74. The first-order valence-corrected chi connectivity index (χ1v) is 8.30. The van der Waals surface area contributed by atoms with Gasteiger partial charge in [0.15, 0.2) is 0 Å². The molecule has 2 N–H and O–H groups in total. The second kappa shape index (κ2) is 7.45. The summed E-state index contributed by atoms with van der Waals surface area (Å²) in [6.07, 6.45) is -3.11. The molecule has 1 amide bonds. The third-order valence-corrected chi connectivity index (χ3v) is 4.71. The van der Waals surface area contributed by atoms with Gasteiger partial charge >= 0.3 is 12.1 Å². The van der Waals surface area contributed by atoms with Crippen molar-refractivity contribution in [1.82, 2.24) is 5.32 Å². The van der Waals surface area contributed by atoms with Gasteiger partial charge in [-0.25, -0.2) is 0 Å². The predicted octanol–water partition coefficient (Wildman–Crippen LogP) is 4.02. The van der Waals surface area contributed by atoms with Crippen LogP contribution in [-0.2, 0) is 15.8 Å². The Kier molecular flexibility index (Phi) is 5.75. The van der Waals surface area contributed by atoms with Crippen LogP contribution in [0.15, 0.2) is 24.3 Å². The molecule has 0 spiro atoms. The number of alkyl halides is 3. The first-order valence-electron chi connectivity index (χ1n) is 8.30. The SMILES string of the molecule is CC(C)C(NC(=O)[C@@H]1CC[C@H](C(=O)O)C1)c1ccc(C(F)(F)F)cc1. The van der Waals surface area contributed by atoms with Crippen LogP contribution in [0.4, 0.5) is 13.2 Å². The number of hydrogen-bond acceptors (Lipinski definition) is 2. The van der Waals surface area contributed by atoms with Crippen molar-refractivity contribution in [1.29, 1.82) is 0 Å². The van der Waals surface area contributed by atoms with Crippen LogP contribution in [0.2, 0.25) is 0 Å². The van der Waals surface area contributed by atoms with E-state index in [2.05, 4.69) is 5.32 Å². The summed E-state index contributed by atoms with van der Waals surface area (Å²) in [7, 11) is 0. The second-order valence-corrected chi connectivity index (χ2v) is 6.90. The lowest BCUT2D eigenvalue weighted by molar-refractivity contribution is -0.141. The van der Waals surface area contributed by atoms with E-state index in [1.807, 2.05) is 13.8 Å². The maximum atomic E-state index is 12.7. The monoisotopic (exact) mass is 357 g/mol. The average molecular weight is 357 g/mol. The van der Waals surface area contributed by atoms with Crippen LogP contribution in [0.3, 0.4) is 0 Å². The van der Waals surface area contributed by atoms with E-state index in [0.717, 1.165) is 12.1 Å². The van der Waals surface area contributed by atoms with Gasteiger partial charge in [-0.2, -0.15) is 13.2 Å². The summed E-state index contributed by atoms with van der Waals surface area (Å²) in [6, 6.07) is 4.35. The van der Waals surface area contributed by atoms with Gasteiger partial charge in [-0.15, -0.1) is 0 Å². The van der Waals surface area contributed by atoms with Gasteiger partial charge in [0.1, 0.15) is 0 Å². The molecule has 1 aromatic carbocycles. The minimum absolute atomic E-state index is 0.0163. The molecule has 25 heavy (non-hydrogen) atoms. The van der Waals surface area contributed by atoms with Gasteiger partial charge in [0, 0.05) is 5.92 Å². The summed E-state index contributed by atoms with van der Waals surface area (Å²) in [5, 5.41) is 11.9. The molecule has 0 heterocycles. The molecule has 1 aliphatic rings. The van der Waals surface area contributed by atoms with Gasteiger partial charge in [0.25, 0.3) is 0 Å². The van der Waals surface area contributed by atoms with Crippen LogP contribution in [0, 0.1) is 17.8 Å². The van der Waals surface area contributed by atoms with Crippen molar-refractivity contribution in [3.63, 3.8) is 0 Å². The molecule has 1 saturated carbocycles. The quantitative estimate of drug-likeness (QED) is 0.836. The number of amides is 1. The number of hydrogen-bond donors (Lipinski definition) is 2. The maximum absolute atomic E-state index is 12.7. The average Bonchev–Trinajstić information content (AvgIpc) is 3.01. The highest BCUT2D eigenvalue weighted by molar-refractivity contribution is 5.81. The van der Waals surface area contributed by atoms with Gasteiger partial charge in [-0.1, -0.05) is 26.0 Å². The summed E-state index contributed by atoms with van der Waals surface area (Å²) in [5.74, 6) is -2.01. The van der Waals surface area contributed by atoms with E-state index < -0.39 is 29.7 Å². The Morgan fingerprint density at radius 2 is 1.68 bits per heavy atom. The number of benzene rings is 1. The van der Waals surface area contributed by atoms with Crippen molar-refractivity contribution in [3.8, 4) is 0 Å². The Labute approximate surface area is 144 Å². The van der Waals surface area contributed by atoms with Crippen molar-refractivity contribution in [2.24, 2.45) is 17.8 Å². The van der Waals surface area contributed by atoms with Crippen molar-refractivity contribution < 1.29 is 27.9 Å². The molecule has 1 aliphatic carbocycles. The third-order valence-electron chi connectivity index (χ3n) is 4.71. The smallest absolute Gasteiger partial charge is 0.416 e. The standard InChI is InChI=1S/C18H22F3NO3/c1-10(2)15(11-5-7-14(8-6-11)18(19,20)21)22-16(23)12-3-4-13(9-12)17(24)25/h5-8,10,12-13,15H,3-4,9H2,1-2H3,(H,22,23)(H,24,25)/t12-,13+,15?/m1/s1. The highest BCUT2D eigenvalue weighted by atomic mass is 19.4. The van der Waals surface area contributed by atoms with E-state index in [1.165, 1.54) is 12.1 Å². The van der Waals surface area contributed by atoms with Crippen LogP contribution in [0.25, 0.3) is 0 Å². The molecule has 4 nitrogen and oxygen atoms in total. The molecule has 138 valence electrons. The van der Waals surface area contributed by atoms with E-state index in [-0.39, 0.29) is 17.7 Å². The molecule has 0 radical (unpaired) electrons. The fraction of sp³-hybridized carbons (Fsp3) is 0.556. The fourth-order valence-electron chi connectivity index (χ4n) is 3.23. The van der Waals surface area contributed by atoms with Crippen LogP contribution in [0.5, 0.6) is 0 Å². The van der Waals surface area contributed by atoms with Gasteiger partial charge < -0.3 is 10.4 Å². The van der Waals surface area contributed by atoms with E-state index in [4.69, 9.17) is 5.11 Å². The second-order valence-electron chi connectivity index (χ2n) is 6.90. The van der Waals surface area contributed by atoms with Crippen LogP contribution in [0.1, 0.15) is 50.3 Å². The molecule has 0 aromatic heterocycles. The van der Waals surface area contributed by atoms with Gasteiger partial charge in [0.05, 0.1) is 17.5 Å². The molecular weight excluding hydrogens is 335 g/mol. The first kappa shape index (κ1) is 19.3. The number of carboxylic acid groups (broad SMARTS) is 1. The third kappa shape index (κ3) is 4.74. The molecule has 7 heteroatoms. The van der Waals surface area contributed by atoms with Gasteiger partial charge in [0.2, 0.25) is 5.91 Å². The van der Waals surface area contributed by atoms with E-state index in [1.54, 1.807) is 0 Å². The van der Waals surface area contributed by atoms with Gasteiger partial charge in [-0.3, -0.25) is 9.59 Å². The lowest BCUT2D eigenvalue weighted by atomic mass is 9.94. The number of rotatable bonds is 5. The zero-order chi connectivity index (χ0) is 18.8. The van der Waals surface area contributed by atoms with E-state index >= 15 is 0 Å². The topological polar surface area (TPSA) is 66.4 Å². The normalized spacial score (nSPS) is 22.0. The molecule has 1 unspecified atom stereocenters. The number of carbonyl (C=O) groups excluding carboxylic acids is 1. The first-order chi connectivity index (χ1) is 11.6. The van der Waals surface area contributed by atoms with Crippen molar-refractivity contribution in [2.45, 2.75) is 45.3 Å². The lowest BCUT2D eigenvalue weighted by Crippen LogP contribution is -2.35. The van der Waals surface area contributed by atoms with Crippen LogP contribution in [-0.4, -0.2) is 17.0 Å². The number of halogens is 3. The highest BCUT2D eigenvalue weighted by Gasteiger charge is 2.35. The molecule has 3 atom stereocenters. The Morgan fingerprint density at radius 3 is 2.12 bits per heavy atom. The molecule has 1 aromatic rings. The number of carbonyl (C=O) groups is 2. The van der Waals surface area contributed by atoms with Crippen molar-refractivity contribution in [2.75, 3.05) is 0 Å². The summed E-state index contributed by atoms with van der Waals surface area (Å²) >= 11 is 0. The summed E-state index contributed by atoms with van der Waals surface area (Å²) < 4.78 is 38.0. The molecule has 2 rings (SSSR count). The zero-order valence-electron chi connectivity index (χ0n) is 14.1. The maximum Gasteiger partial charge on any atom is 0.416 e. The molecule has 0 bridgehead atoms. The number of aliphatic carboxylic acids is 1. The Morgan fingerprint density at radius 1 is 1.12 bits per heavy atom. The fourth-order valence-corrected chi connectivity index (χ4v) is 3.23. The van der Waals surface area contributed by atoms with Crippen molar-refractivity contribution >= 4 is 11.9 Å². The summed E-state index contributed by atoms with van der Waals surface area (Å²) in [4.78, 5) is 23.5. The highest BCUT2D eigenvalue weighted by Crippen LogP contribution is 2.33. The number of nitrogens with one attached hydrogen (secondary N) is 1. The van der Waals surface area contributed by atoms with Gasteiger partial charge in [-0.05, 0) is 42.9 Å². The Hall–Kier alpha value is -2.05. The largest absolute Gasteiger partial charge is 0.481 e. The number of carboxylic acids is 1. The summed E-state index contributed by atoms with van der Waals surface area (Å²) in [5.41, 5.74) is -0.130. The zero-order valence-corrected chi connectivity index (χ0v) is 14.1. The molecule has 0 saturated heterocycles. The Balaban J connectivity index is 2.08. The minimum atomic E-state index is -4.40. The minimum Gasteiger partial charge on any atom is -0.481 e. The predicted molar refractivity (Wildman–Crippen MR) is 85.6 cm³/mol. The molecular formula is C18H22F3NO3. The van der Waals surface area contributed by atoms with Crippen LogP contribution < -0.4 is 5.32 Å². The lowest BCUT2D eigenvalue weighted by Gasteiger charge is -2.25. The van der Waals surface area contributed by atoms with E-state index in [9.17, 15) is 22.8 Å². The molecule has 1 fully saturated rings. The van der Waals surface area contributed by atoms with Crippen LogP contribution >= 0.6 is 0 Å². The molecule has 0 aliphatic heterocycles. The van der Waals surface area contributed by atoms with Crippen molar-refractivity contribution in [3.05, 3.63) is 35.4 Å². The Bertz CT molecular complexity index is 625.